The number of nitrogens with zero attached hydrogens (tertiary/aromatic N) is 3. The Morgan fingerprint density at radius 1 is 1.29 bits per heavy atom. The molecule has 0 saturated heterocycles. The van der Waals surface area contributed by atoms with Gasteiger partial charge < -0.3 is 20.9 Å². The third-order valence-electron chi connectivity index (χ3n) is 4.01. The third kappa shape index (κ3) is 3.91. The van der Waals surface area contributed by atoms with Crippen molar-refractivity contribution in [2.75, 3.05) is 11.1 Å². The van der Waals surface area contributed by atoms with Crippen molar-refractivity contribution in [1.29, 1.82) is 0 Å². The lowest BCUT2D eigenvalue weighted by molar-refractivity contribution is 0.0333. The van der Waals surface area contributed by atoms with E-state index in [1.807, 2.05) is 32.0 Å². The zero-order valence-corrected chi connectivity index (χ0v) is 13.9. The van der Waals surface area contributed by atoms with Crippen molar-refractivity contribution in [2.24, 2.45) is 5.92 Å². The van der Waals surface area contributed by atoms with Gasteiger partial charge in [0.05, 0.1) is 23.9 Å². The smallest absolute Gasteiger partial charge is 0.225 e. The van der Waals surface area contributed by atoms with Crippen molar-refractivity contribution in [3.05, 3.63) is 36.2 Å². The van der Waals surface area contributed by atoms with Crippen molar-refractivity contribution < 1.29 is 9.84 Å². The van der Waals surface area contributed by atoms with Gasteiger partial charge in [-0.3, -0.25) is 4.98 Å². The Hall–Kier alpha value is -2.41. The molecule has 7 nitrogen and oxygen atoms in total. The number of pyridine rings is 1. The number of hydrogen-bond donors (Lipinski definition) is 3. The van der Waals surface area contributed by atoms with Crippen LogP contribution >= 0.6 is 0 Å². The molecule has 2 aromatic heterocycles. The van der Waals surface area contributed by atoms with E-state index >= 15 is 0 Å². The maximum Gasteiger partial charge on any atom is 0.225 e. The maximum absolute atomic E-state index is 9.65. The fraction of sp³-hybridized carbons (Fsp3) is 0.471. The second-order valence-electron chi connectivity index (χ2n) is 6.38. The van der Waals surface area contributed by atoms with E-state index in [1.165, 1.54) is 0 Å². The predicted molar refractivity (Wildman–Crippen MR) is 91.5 cm³/mol. The van der Waals surface area contributed by atoms with Crippen LogP contribution in [0.1, 0.15) is 38.4 Å². The zero-order chi connectivity index (χ0) is 17.1. The fourth-order valence-corrected chi connectivity index (χ4v) is 2.87. The molecular formula is C17H23N5O2. The SMILES string of the molecule is CC(C)Oc1cc(N[C@@H](c2ccccn2)C2CC(O)C2)nc(N)n1. The molecule has 1 aliphatic rings. The molecule has 0 unspecified atom stereocenters. The van der Waals surface area contributed by atoms with Gasteiger partial charge in [0, 0.05) is 12.3 Å². The first-order valence-electron chi connectivity index (χ1n) is 8.18. The summed E-state index contributed by atoms with van der Waals surface area (Å²) in [7, 11) is 0. The second-order valence-corrected chi connectivity index (χ2v) is 6.38. The summed E-state index contributed by atoms with van der Waals surface area (Å²) < 4.78 is 5.61. The van der Waals surface area contributed by atoms with Gasteiger partial charge in [-0.1, -0.05) is 6.07 Å². The van der Waals surface area contributed by atoms with Gasteiger partial charge in [-0.15, -0.1) is 0 Å². The first kappa shape index (κ1) is 16.4. The summed E-state index contributed by atoms with van der Waals surface area (Å²) in [4.78, 5) is 12.8. The first-order valence-corrected chi connectivity index (χ1v) is 8.18. The Morgan fingerprint density at radius 3 is 2.71 bits per heavy atom. The molecule has 0 aliphatic heterocycles. The average Bonchev–Trinajstić information content (AvgIpc) is 2.49. The van der Waals surface area contributed by atoms with E-state index in [1.54, 1.807) is 12.3 Å². The van der Waals surface area contributed by atoms with Crippen LogP contribution in [0.15, 0.2) is 30.5 Å². The molecule has 0 bridgehead atoms. The van der Waals surface area contributed by atoms with E-state index in [2.05, 4.69) is 20.3 Å². The summed E-state index contributed by atoms with van der Waals surface area (Å²) in [5, 5.41) is 13.0. The van der Waals surface area contributed by atoms with Gasteiger partial charge in [-0.05, 0) is 44.7 Å². The van der Waals surface area contributed by atoms with E-state index in [0.29, 0.717) is 17.6 Å². The Kier molecular flexibility index (Phi) is 4.80. The minimum absolute atomic E-state index is 0.000478. The third-order valence-corrected chi connectivity index (χ3v) is 4.01. The highest BCUT2D eigenvalue weighted by molar-refractivity contribution is 5.45. The molecular weight excluding hydrogens is 306 g/mol. The highest BCUT2D eigenvalue weighted by atomic mass is 16.5. The van der Waals surface area contributed by atoms with Crippen molar-refractivity contribution in [3.8, 4) is 5.88 Å². The molecule has 2 heterocycles. The van der Waals surface area contributed by atoms with Gasteiger partial charge in [0.2, 0.25) is 11.8 Å². The number of hydrogen-bond acceptors (Lipinski definition) is 7. The van der Waals surface area contributed by atoms with Gasteiger partial charge in [-0.2, -0.15) is 9.97 Å². The summed E-state index contributed by atoms with van der Waals surface area (Å²) in [6.07, 6.45) is 3.01. The van der Waals surface area contributed by atoms with Crippen LogP contribution in [0.3, 0.4) is 0 Å². The number of nitrogens with two attached hydrogens (primary N) is 1. The Morgan fingerprint density at radius 2 is 2.08 bits per heavy atom. The zero-order valence-electron chi connectivity index (χ0n) is 13.9. The minimum atomic E-state index is -0.238. The van der Waals surface area contributed by atoms with Crippen molar-refractivity contribution >= 4 is 11.8 Å². The summed E-state index contributed by atoms with van der Waals surface area (Å²) in [5.41, 5.74) is 6.71. The van der Waals surface area contributed by atoms with E-state index in [4.69, 9.17) is 10.5 Å². The van der Waals surface area contributed by atoms with Crippen LogP contribution in [0.5, 0.6) is 5.88 Å². The molecule has 1 fully saturated rings. The number of aliphatic hydroxyl groups excluding tert-OH is 1. The molecule has 0 amide bonds. The van der Waals surface area contributed by atoms with E-state index in [-0.39, 0.29) is 24.2 Å². The van der Waals surface area contributed by atoms with Crippen LogP contribution in [0.4, 0.5) is 11.8 Å². The number of aliphatic hydroxyl groups is 1. The van der Waals surface area contributed by atoms with Crippen LogP contribution < -0.4 is 15.8 Å². The average molecular weight is 329 g/mol. The van der Waals surface area contributed by atoms with Crippen LogP contribution in [0.2, 0.25) is 0 Å². The van der Waals surface area contributed by atoms with Crippen LogP contribution in [-0.2, 0) is 0 Å². The van der Waals surface area contributed by atoms with E-state index in [0.717, 1.165) is 18.5 Å². The molecule has 7 heteroatoms. The molecule has 0 radical (unpaired) electrons. The largest absolute Gasteiger partial charge is 0.475 e. The summed E-state index contributed by atoms with van der Waals surface area (Å²) in [6.45, 7) is 3.86. The summed E-state index contributed by atoms with van der Waals surface area (Å²) in [6, 6.07) is 7.50. The standard InChI is InChI=1S/C17H23N5O2/c1-10(2)24-15-9-14(21-17(18)22-15)20-16(11-7-12(23)8-11)13-5-3-4-6-19-13/h3-6,9-12,16,23H,7-8H2,1-2H3,(H3,18,20,21,22)/t11?,12?,16-/m1/s1. The van der Waals surface area contributed by atoms with Crippen molar-refractivity contribution in [1.82, 2.24) is 15.0 Å². The molecule has 0 aromatic carbocycles. The lowest BCUT2D eigenvalue weighted by atomic mass is 9.76. The number of ether oxygens (including phenoxy) is 1. The predicted octanol–water partition coefficient (Wildman–Crippen LogP) is 2.17. The highest BCUT2D eigenvalue weighted by Crippen LogP contribution is 2.39. The van der Waals surface area contributed by atoms with E-state index < -0.39 is 0 Å². The quantitative estimate of drug-likeness (QED) is 0.745. The molecule has 2 aromatic rings. The Balaban J connectivity index is 1.83. The molecule has 0 spiro atoms. The number of rotatable bonds is 6. The lowest BCUT2D eigenvalue weighted by Gasteiger charge is -2.38. The lowest BCUT2D eigenvalue weighted by Crippen LogP contribution is -2.36. The number of nitrogen functional groups attached to an aromatic ring is 1. The molecule has 4 N–H and O–H groups in total. The van der Waals surface area contributed by atoms with Crippen LogP contribution in [0, 0.1) is 5.92 Å². The monoisotopic (exact) mass is 329 g/mol. The molecule has 1 aliphatic carbocycles. The number of nitrogens with one attached hydrogen (secondary N) is 1. The maximum atomic E-state index is 9.65. The first-order chi connectivity index (χ1) is 11.5. The summed E-state index contributed by atoms with van der Waals surface area (Å²) in [5.74, 6) is 1.48. The minimum Gasteiger partial charge on any atom is -0.475 e. The number of anilines is 2. The van der Waals surface area contributed by atoms with Gasteiger partial charge in [0.25, 0.3) is 0 Å². The van der Waals surface area contributed by atoms with Crippen LogP contribution in [0.25, 0.3) is 0 Å². The highest BCUT2D eigenvalue weighted by Gasteiger charge is 2.35. The molecule has 3 rings (SSSR count). The van der Waals surface area contributed by atoms with Gasteiger partial charge in [-0.25, -0.2) is 0 Å². The normalized spacial score (nSPS) is 21.2. The Bertz CT molecular complexity index is 674. The second kappa shape index (κ2) is 7.00. The Labute approximate surface area is 141 Å². The van der Waals surface area contributed by atoms with Gasteiger partial charge >= 0.3 is 0 Å². The fourth-order valence-electron chi connectivity index (χ4n) is 2.87. The van der Waals surface area contributed by atoms with E-state index in [9.17, 15) is 5.11 Å². The molecule has 1 atom stereocenters. The van der Waals surface area contributed by atoms with Gasteiger partial charge in [0.15, 0.2) is 0 Å². The van der Waals surface area contributed by atoms with Crippen LogP contribution in [-0.4, -0.2) is 32.3 Å². The molecule has 128 valence electrons. The topological polar surface area (TPSA) is 106 Å². The van der Waals surface area contributed by atoms with Gasteiger partial charge in [0.1, 0.15) is 5.82 Å². The molecule has 1 saturated carbocycles. The van der Waals surface area contributed by atoms with Crippen molar-refractivity contribution in [2.45, 2.75) is 44.9 Å². The summed E-state index contributed by atoms with van der Waals surface area (Å²) >= 11 is 0. The number of aromatic nitrogens is 3. The molecule has 24 heavy (non-hydrogen) atoms. The van der Waals surface area contributed by atoms with Crippen molar-refractivity contribution in [3.63, 3.8) is 0 Å².